The van der Waals surface area contributed by atoms with E-state index >= 15 is 0 Å². The standard InChI is InChI=1S/C17H15FN4OS/c1-10(12-5-3-6-13(18)9-12)21-16(23)14-11(2)22-17(24-14)15-19-7-4-8-20-15/h3-10H,1-2H3,(H,21,23)/t10-/m1/s1. The van der Waals surface area contributed by atoms with Gasteiger partial charge in [0.2, 0.25) is 0 Å². The van der Waals surface area contributed by atoms with Gasteiger partial charge in [-0.05, 0) is 37.6 Å². The first kappa shape index (κ1) is 16.2. The monoisotopic (exact) mass is 342 g/mol. The number of amides is 1. The molecular formula is C17H15FN4OS. The van der Waals surface area contributed by atoms with Crippen molar-refractivity contribution in [2.24, 2.45) is 0 Å². The Labute approximate surface area is 142 Å². The number of nitrogens with zero attached hydrogens (tertiary/aromatic N) is 3. The van der Waals surface area contributed by atoms with Crippen LogP contribution in [0.25, 0.3) is 10.8 Å². The van der Waals surface area contributed by atoms with Gasteiger partial charge >= 0.3 is 0 Å². The molecule has 0 aliphatic carbocycles. The molecule has 0 saturated heterocycles. The topological polar surface area (TPSA) is 67.8 Å². The Kier molecular flexibility index (Phi) is 4.61. The van der Waals surface area contributed by atoms with Crippen LogP contribution in [0.4, 0.5) is 4.39 Å². The van der Waals surface area contributed by atoms with Crippen molar-refractivity contribution in [3.05, 3.63) is 64.7 Å². The molecule has 1 amide bonds. The average molecular weight is 342 g/mol. The highest BCUT2D eigenvalue weighted by atomic mass is 32.1. The van der Waals surface area contributed by atoms with E-state index in [0.717, 1.165) is 0 Å². The predicted octanol–water partition coefficient (Wildman–Crippen LogP) is 3.54. The second-order valence-electron chi connectivity index (χ2n) is 5.26. The molecule has 0 aliphatic heterocycles. The first-order valence-electron chi connectivity index (χ1n) is 7.35. The number of benzene rings is 1. The van der Waals surface area contributed by atoms with Crippen LogP contribution in [0, 0.1) is 12.7 Å². The van der Waals surface area contributed by atoms with Gasteiger partial charge in [0.15, 0.2) is 10.8 Å². The SMILES string of the molecule is Cc1nc(-c2ncccn2)sc1C(=O)N[C@H](C)c1cccc(F)c1. The second-order valence-corrected chi connectivity index (χ2v) is 6.26. The van der Waals surface area contributed by atoms with Crippen LogP contribution >= 0.6 is 11.3 Å². The minimum Gasteiger partial charge on any atom is -0.345 e. The number of nitrogens with one attached hydrogen (secondary N) is 1. The van der Waals surface area contributed by atoms with E-state index in [2.05, 4.69) is 20.3 Å². The third-order valence-electron chi connectivity index (χ3n) is 3.46. The smallest absolute Gasteiger partial charge is 0.263 e. The Balaban J connectivity index is 1.79. The van der Waals surface area contributed by atoms with Crippen molar-refractivity contribution < 1.29 is 9.18 Å². The molecule has 122 valence electrons. The summed E-state index contributed by atoms with van der Waals surface area (Å²) in [6, 6.07) is 7.59. The lowest BCUT2D eigenvalue weighted by Gasteiger charge is -2.13. The van der Waals surface area contributed by atoms with Gasteiger partial charge in [-0.3, -0.25) is 4.79 Å². The Morgan fingerprint density at radius 2 is 2.00 bits per heavy atom. The summed E-state index contributed by atoms with van der Waals surface area (Å²) in [5.41, 5.74) is 1.32. The van der Waals surface area contributed by atoms with Crippen molar-refractivity contribution in [2.75, 3.05) is 0 Å². The number of aryl methyl sites for hydroxylation is 1. The Morgan fingerprint density at radius 1 is 1.25 bits per heavy atom. The number of thiazole rings is 1. The zero-order valence-electron chi connectivity index (χ0n) is 13.2. The van der Waals surface area contributed by atoms with Gasteiger partial charge in [0.25, 0.3) is 5.91 Å². The molecule has 1 atom stereocenters. The van der Waals surface area contributed by atoms with Crippen molar-refractivity contribution in [3.63, 3.8) is 0 Å². The van der Waals surface area contributed by atoms with Crippen LogP contribution in [-0.2, 0) is 0 Å². The summed E-state index contributed by atoms with van der Waals surface area (Å²) in [6.07, 6.45) is 3.26. The number of carbonyl (C=O) groups excluding carboxylic acids is 1. The fourth-order valence-electron chi connectivity index (χ4n) is 2.23. The largest absolute Gasteiger partial charge is 0.345 e. The molecule has 3 aromatic rings. The minimum atomic E-state index is -0.328. The van der Waals surface area contributed by atoms with Crippen LogP contribution in [0.15, 0.2) is 42.7 Å². The van der Waals surface area contributed by atoms with Gasteiger partial charge in [-0.2, -0.15) is 0 Å². The van der Waals surface area contributed by atoms with E-state index in [1.54, 1.807) is 37.5 Å². The van der Waals surface area contributed by atoms with Crippen LogP contribution in [-0.4, -0.2) is 20.9 Å². The molecule has 0 spiro atoms. The summed E-state index contributed by atoms with van der Waals surface area (Å²) in [5.74, 6) is -0.0853. The number of hydrogen-bond acceptors (Lipinski definition) is 5. The molecule has 2 aromatic heterocycles. The van der Waals surface area contributed by atoms with Gasteiger partial charge in [0, 0.05) is 12.4 Å². The zero-order valence-corrected chi connectivity index (χ0v) is 14.0. The molecule has 1 N–H and O–H groups in total. The normalized spacial score (nSPS) is 12.0. The van der Waals surface area contributed by atoms with Crippen molar-refractivity contribution >= 4 is 17.2 Å². The Morgan fingerprint density at radius 3 is 2.71 bits per heavy atom. The summed E-state index contributed by atoms with van der Waals surface area (Å²) in [6.45, 7) is 3.58. The van der Waals surface area contributed by atoms with E-state index in [1.807, 2.05) is 6.92 Å². The minimum absolute atomic E-state index is 0.246. The molecule has 0 fully saturated rings. The lowest BCUT2D eigenvalue weighted by molar-refractivity contribution is 0.0943. The maximum atomic E-state index is 13.3. The fraction of sp³-hybridized carbons (Fsp3) is 0.176. The van der Waals surface area contributed by atoms with E-state index in [-0.39, 0.29) is 17.8 Å². The average Bonchev–Trinajstić information content (AvgIpc) is 2.97. The summed E-state index contributed by atoms with van der Waals surface area (Å²) >= 11 is 1.24. The lowest BCUT2D eigenvalue weighted by Crippen LogP contribution is -2.26. The number of carbonyl (C=O) groups is 1. The van der Waals surface area contributed by atoms with Crippen LogP contribution in [0.1, 0.15) is 33.9 Å². The van der Waals surface area contributed by atoms with Crippen LogP contribution in [0.5, 0.6) is 0 Å². The van der Waals surface area contributed by atoms with Crippen molar-refractivity contribution in [2.45, 2.75) is 19.9 Å². The second kappa shape index (κ2) is 6.84. The quantitative estimate of drug-likeness (QED) is 0.787. The Hall–Kier alpha value is -2.67. The van der Waals surface area contributed by atoms with Gasteiger partial charge < -0.3 is 5.32 Å². The van der Waals surface area contributed by atoms with E-state index in [1.165, 1.54) is 23.5 Å². The lowest BCUT2D eigenvalue weighted by atomic mass is 10.1. The molecule has 5 nitrogen and oxygen atoms in total. The molecular weight excluding hydrogens is 327 g/mol. The molecule has 2 heterocycles. The first-order chi connectivity index (χ1) is 11.5. The third kappa shape index (κ3) is 3.46. The van der Waals surface area contributed by atoms with Gasteiger partial charge in [-0.15, -0.1) is 11.3 Å². The van der Waals surface area contributed by atoms with Gasteiger partial charge in [-0.1, -0.05) is 12.1 Å². The number of halogens is 1. The molecule has 7 heteroatoms. The summed E-state index contributed by atoms with van der Waals surface area (Å²) in [7, 11) is 0. The van der Waals surface area contributed by atoms with Crippen molar-refractivity contribution in [1.82, 2.24) is 20.3 Å². The van der Waals surface area contributed by atoms with E-state index in [0.29, 0.717) is 27.0 Å². The zero-order chi connectivity index (χ0) is 17.1. The fourth-order valence-corrected chi connectivity index (χ4v) is 3.15. The molecule has 0 saturated carbocycles. The van der Waals surface area contributed by atoms with Gasteiger partial charge in [0.05, 0.1) is 11.7 Å². The molecule has 3 rings (SSSR count). The highest BCUT2D eigenvalue weighted by Gasteiger charge is 2.19. The maximum Gasteiger partial charge on any atom is 0.263 e. The van der Waals surface area contributed by atoms with Crippen molar-refractivity contribution in [3.8, 4) is 10.8 Å². The highest BCUT2D eigenvalue weighted by molar-refractivity contribution is 7.17. The van der Waals surface area contributed by atoms with E-state index < -0.39 is 0 Å². The van der Waals surface area contributed by atoms with Crippen LogP contribution in [0.2, 0.25) is 0 Å². The summed E-state index contributed by atoms with van der Waals surface area (Å²) in [5, 5.41) is 3.46. The molecule has 0 aliphatic rings. The summed E-state index contributed by atoms with van der Waals surface area (Å²) < 4.78 is 13.3. The highest BCUT2D eigenvalue weighted by Crippen LogP contribution is 2.25. The van der Waals surface area contributed by atoms with E-state index in [4.69, 9.17) is 0 Å². The molecule has 0 radical (unpaired) electrons. The van der Waals surface area contributed by atoms with Gasteiger partial charge in [-0.25, -0.2) is 19.3 Å². The molecule has 0 unspecified atom stereocenters. The Bertz CT molecular complexity index is 866. The van der Waals surface area contributed by atoms with Gasteiger partial charge in [0.1, 0.15) is 10.7 Å². The van der Waals surface area contributed by atoms with Crippen LogP contribution in [0.3, 0.4) is 0 Å². The van der Waals surface area contributed by atoms with Crippen LogP contribution < -0.4 is 5.32 Å². The number of aromatic nitrogens is 3. The summed E-state index contributed by atoms with van der Waals surface area (Å²) in [4.78, 5) is 25.7. The molecule has 0 bridgehead atoms. The first-order valence-corrected chi connectivity index (χ1v) is 8.17. The predicted molar refractivity (Wildman–Crippen MR) is 90.2 cm³/mol. The molecule has 1 aromatic carbocycles. The third-order valence-corrected chi connectivity index (χ3v) is 4.61. The number of hydrogen-bond donors (Lipinski definition) is 1. The molecule has 24 heavy (non-hydrogen) atoms. The number of rotatable bonds is 4. The van der Waals surface area contributed by atoms with E-state index in [9.17, 15) is 9.18 Å². The van der Waals surface area contributed by atoms with Crippen molar-refractivity contribution in [1.29, 1.82) is 0 Å². The maximum absolute atomic E-state index is 13.3.